The molecule has 1 saturated heterocycles. The van der Waals surface area contributed by atoms with E-state index in [1.165, 1.54) is 5.56 Å². The first-order chi connectivity index (χ1) is 7.26. The monoisotopic (exact) mass is 203 g/mol. The van der Waals surface area contributed by atoms with Crippen molar-refractivity contribution in [1.82, 2.24) is 0 Å². The van der Waals surface area contributed by atoms with Gasteiger partial charge in [-0.3, -0.25) is 0 Å². The van der Waals surface area contributed by atoms with E-state index >= 15 is 0 Å². The van der Waals surface area contributed by atoms with Gasteiger partial charge >= 0.3 is 0 Å². The third kappa shape index (κ3) is 1.00. The summed E-state index contributed by atoms with van der Waals surface area (Å²) in [4.78, 5) is 4.39. The highest BCUT2D eigenvalue weighted by molar-refractivity contribution is 6.00. The molecular formula is C11H13N3O. The number of hydrogen-bond acceptors (Lipinski definition) is 4. The van der Waals surface area contributed by atoms with Crippen LogP contribution in [0.25, 0.3) is 0 Å². The van der Waals surface area contributed by atoms with Crippen LogP contribution in [0.1, 0.15) is 11.1 Å². The van der Waals surface area contributed by atoms with Crippen LogP contribution in [0.2, 0.25) is 0 Å². The molecule has 2 heterocycles. The minimum atomic E-state index is -0.136. The van der Waals surface area contributed by atoms with Gasteiger partial charge in [0.1, 0.15) is 11.3 Å². The summed E-state index contributed by atoms with van der Waals surface area (Å²) in [7, 11) is 0. The molecule has 4 nitrogen and oxygen atoms in total. The van der Waals surface area contributed by atoms with Gasteiger partial charge in [0.25, 0.3) is 0 Å². The lowest BCUT2D eigenvalue weighted by Gasteiger charge is -2.38. The van der Waals surface area contributed by atoms with Gasteiger partial charge in [0, 0.05) is 6.54 Å². The molecule has 1 aromatic carbocycles. The van der Waals surface area contributed by atoms with Gasteiger partial charge in [-0.2, -0.15) is 0 Å². The van der Waals surface area contributed by atoms with Crippen molar-refractivity contribution in [3.05, 3.63) is 29.3 Å². The minimum Gasteiger partial charge on any atom is -0.386 e. The third-order valence-corrected chi connectivity index (χ3v) is 3.24. The Kier molecular flexibility index (Phi) is 1.66. The molecule has 3 rings (SSSR count). The highest BCUT2D eigenvalue weighted by Crippen LogP contribution is 2.43. The van der Waals surface area contributed by atoms with E-state index in [-0.39, 0.29) is 5.41 Å². The number of nitrogens with two attached hydrogens (primary N) is 2. The van der Waals surface area contributed by atoms with E-state index in [2.05, 4.69) is 11.1 Å². The molecule has 0 saturated carbocycles. The van der Waals surface area contributed by atoms with Crippen molar-refractivity contribution in [2.24, 2.45) is 16.5 Å². The van der Waals surface area contributed by atoms with Crippen molar-refractivity contribution < 1.29 is 4.74 Å². The van der Waals surface area contributed by atoms with Crippen LogP contribution in [0.3, 0.4) is 0 Å². The van der Waals surface area contributed by atoms with Crippen LogP contribution in [-0.4, -0.2) is 19.0 Å². The van der Waals surface area contributed by atoms with Gasteiger partial charge in [-0.1, -0.05) is 12.1 Å². The van der Waals surface area contributed by atoms with E-state index in [0.29, 0.717) is 25.6 Å². The second-order valence-corrected chi connectivity index (χ2v) is 4.13. The normalized spacial score (nSPS) is 21.0. The molecule has 2 aliphatic heterocycles. The van der Waals surface area contributed by atoms with Gasteiger partial charge in [0.15, 0.2) is 0 Å². The second kappa shape index (κ2) is 2.81. The largest absolute Gasteiger partial charge is 0.386 e. The lowest BCUT2D eigenvalue weighted by molar-refractivity contribution is -0.0220. The first kappa shape index (κ1) is 8.88. The summed E-state index contributed by atoms with van der Waals surface area (Å²) in [5.74, 6) is 0.679. The fourth-order valence-corrected chi connectivity index (χ4v) is 2.19. The number of ether oxygens (including phenoxy) is 1. The van der Waals surface area contributed by atoms with Gasteiger partial charge in [-0.25, -0.2) is 4.99 Å². The van der Waals surface area contributed by atoms with Crippen molar-refractivity contribution in [1.29, 1.82) is 0 Å². The number of benzene rings is 1. The molecule has 1 fully saturated rings. The molecule has 1 spiro atoms. The number of rotatable bonds is 1. The van der Waals surface area contributed by atoms with E-state index in [1.54, 1.807) is 0 Å². The molecule has 0 aromatic heterocycles. The fraction of sp³-hybridized carbons (Fsp3) is 0.364. The summed E-state index contributed by atoms with van der Waals surface area (Å²) in [6.07, 6.45) is 0. The van der Waals surface area contributed by atoms with Crippen LogP contribution in [-0.2, 0) is 16.7 Å². The molecule has 0 bridgehead atoms. The number of nitrogens with zero attached hydrogens (tertiary/aromatic N) is 1. The Morgan fingerprint density at radius 1 is 1.40 bits per heavy atom. The molecule has 0 radical (unpaired) electrons. The van der Waals surface area contributed by atoms with E-state index in [4.69, 9.17) is 16.2 Å². The van der Waals surface area contributed by atoms with Crippen LogP contribution >= 0.6 is 0 Å². The van der Waals surface area contributed by atoms with E-state index in [9.17, 15) is 0 Å². The topological polar surface area (TPSA) is 73.6 Å². The van der Waals surface area contributed by atoms with E-state index in [0.717, 1.165) is 11.3 Å². The number of amidine groups is 1. The highest BCUT2D eigenvalue weighted by Gasteiger charge is 2.48. The molecule has 0 atom stereocenters. The quantitative estimate of drug-likeness (QED) is 0.694. The van der Waals surface area contributed by atoms with Crippen molar-refractivity contribution in [2.75, 3.05) is 13.2 Å². The van der Waals surface area contributed by atoms with Gasteiger partial charge < -0.3 is 16.2 Å². The Balaban J connectivity index is 2.13. The Labute approximate surface area is 87.9 Å². The maximum atomic E-state index is 5.96. The Hall–Kier alpha value is -1.39. The molecule has 4 N–H and O–H groups in total. The first-order valence-corrected chi connectivity index (χ1v) is 5.02. The summed E-state index contributed by atoms with van der Waals surface area (Å²) in [6.45, 7) is 1.83. The zero-order valence-corrected chi connectivity index (χ0v) is 8.36. The van der Waals surface area contributed by atoms with Crippen molar-refractivity contribution >= 4 is 11.5 Å². The average molecular weight is 203 g/mol. The second-order valence-electron chi connectivity index (χ2n) is 4.13. The van der Waals surface area contributed by atoms with Gasteiger partial charge in [0.05, 0.1) is 18.9 Å². The van der Waals surface area contributed by atoms with Gasteiger partial charge in [0.2, 0.25) is 0 Å². The van der Waals surface area contributed by atoms with Gasteiger partial charge in [-0.15, -0.1) is 0 Å². The predicted octanol–water partition coefficient (Wildman–Crippen LogP) is 0.416. The Bertz CT molecular complexity index is 449. The SMILES string of the molecule is NCc1ccc2c(c1)N=C(N)C21COC1. The summed E-state index contributed by atoms with van der Waals surface area (Å²) in [6, 6.07) is 6.12. The van der Waals surface area contributed by atoms with Gasteiger partial charge in [-0.05, 0) is 17.2 Å². The zero-order chi connectivity index (χ0) is 10.5. The average Bonchev–Trinajstić information content (AvgIpc) is 2.47. The lowest BCUT2D eigenvalue weighted by atomic mass is 9.78. The van der Waals surface area contributed by atoms with Crippen molar-refractivity contribution in [2.45, 2.75) is 12.0 Å². The zero-order valence-electron chi connectivity index (χ0n) is 8.36. The minimum absolute atomic E-state index is 0.136. The smallest absolute Gasteiger partial charge is 0.115 e. The summed E-state index contributed by atoms with van der Waals surface area (Å²) >= 11 is 0. The number of fused-ring (bicyclic) bond motifs is 2. The standard InChI is InChI=1S/C11H13N3O/c12-4-7-1-2-8-9(3-7)14-10(13)11(8)5-15-6-11/h1-3H,4-6,12H2,(H2,13,14). The molecule has 1 aromatic rings. The summed E-state index contributed by atoms with van der Waals surface area (Å²) in [5, 5.41) is 0. The summed E-state index contributed by atoms with van der Waals surface area (Å²) < 4.78 is 5.26. The third-order valence-electron chi connectivity index (χ3n) is 3.24. The molecular weight excluding hydrogens is 190 g/mol. The molecule has 0 unspecified atom stereocenters. The van der Waals surface area contributed by atoms with Crippen LogP contribution in [0.5, 0.6) is 0 Å². The number of aliphatic imine (C=N–C) groups is 1. The Morgan fingerprint density at radius 3 is 2.80 bits per heavy atom. The maximum absolute atomic E-state index is 5.96. The molecule has 0 aliphatic carbocycles. The van der Waals surface area contributed by atoms with Crippen molar-refractivity contribution in [3.63, 3.8) is 0 Å². The Morgan fingerprint density at radius 2 is 2.20 bits per heavy atom. The van der Waals surface area contributed by atoms with E-state index < -0.39 is 0 Å². The van der Waals surface area contributed by atoms with E-state index in [1.807, 2.05) is 12.1 Å². The molecule has 4 heteroatoms. The lowest BCUT2D eigenvalue weighted by Crippen LogP contribution is -2.54. The molecule has 15 heavy (non-hydrogen) atoms. The van der Waals surface area contributed by atoms with Crippen LogP contribution in [0.15, 0.2) is 23.2 Å². The molecule has 2 aliphatic rings. The highest BCUT2D eigenvalue weighted by atomic mass is 16.5. The predicted molar refractivity (Wildman–Crippen MR) is 58.1 cm³/mol. The van der Waals surface area contributed by atoms with Crippen LogP contribution in [0.4, 0.5) is 5.69 Å². The van der Waals surface area contributed by atoms with Crippen molar-refractivity contribution in [3.8, 4) is 0 Å². The number of hydrogen-bond donors (Lipinski definition) is 2. The van der Waals surface area contributed by atoms with Crippen LogP contribution in [0, 0.1) is 0 Å². The molecule has 0 amide bonds. The first-order valence-electron chi connectivity index (χ1n) is 5.02. The maximum Gasteiger partial charge on any atom is 0.115 e. The molecule has 78 valence electrons. The van der Waals surface area contributed by atoms with Crippen LogP contribution < -0.4 is 11.5 Å². The summed E-state index contributed by atoms with van der Waals surface area (Å²) in [5.41, 5.74) is 14.6. The fourth-order valence-electron chi connectivity index (χ4n) is 2.19.